The van der Waals surface area contributed by atoms with E-state index in [9.17, 15) is 9.90 Å². The van der Waals surface area contributed by atoms with Gasteiger partial charge in [-0.15, -0.1) is 0 Å². The molecular weight excluding hydrogens is 318 g/mol. The molecule has 3 rings (SSSR count). The second kappa shape index (κ2) is 5.89. The van der Waals surface area contributed by atoms with E-state index in [1.165, 1.54) is 4.90 Å². The number of hydrogen-bond acceptors (Lipinski definition) is 7. The monoisotopic (exact) mass is 345 g/mol. The summed E-state index contributed by atoms with van der Waals surface area (Å²) in [4.78, 5) is 13.5. The number of amides is 1. The van der Waals surface area contributed by atoms with Crippen LogP contribution in [-0.2, 0) is 28.5 Å². The molecule has 0 aliphatic carbocycles. The Bertz CT molecular complexity index is 507. The Balaban J connectivity index is 1.81. The molecule has 3 saturated heterocycles. The number of fused-ring (bicyclic) bond motifs is 1. The molecule has 0 aromatic heterocycles. The van der Waals surface area contributed by atoms with Gasteiger partial charge in [0.1, 0.15) is 30.5 Å². The van der Waals surface area contributed by atoms with Crippen molar-refractivity contribution >= 4 is 5.91 Å². The molecule has 0 aromatic rings. The Hall–Kier alpha value is -0.770. The quantitative estimate of drug-likeness (QED) is 0.763. The maximum Gasteiger partial charge on any atom is 0.253 e. The van der Waals surface area contributed by atoms with E-state index in [0.717, 1.165) is 0 Å². The summed E-state index contributed by atoms with van der Waals surface area (Å²) >= 11 is 0. The summed E-state index contributed by atoms with van der Waals surface area (Å²) in [6, 6.07) is 0. The number of aliphatic hydroxyl groups excluding tert-OH is 1. The number of carbonyl (C=O) groups is 1. The molecule has 0 spiro atoms. The minimum Gasteiger partial charge on any atom is -0.380 e. The molecule has 3 heterocycles. The van der Waals surface area contributed by atoms with Gasteiger partial charge < -0.3 is 33.7 Å². The van der Waals surface area contributed by atoms with Gasteiger partial charge in [-0.2, -0.15) is 0 Å². The average Bonchev–Trinajstić information content (AvgIpc) is 3.07. The van der Waals surface area contributed by atoms with Gasteiger partial charge in [-0.05, 0) is 27.7 Å². The van der Waals surface area contributed by atoms with Gasteiger partial charge in [0.25, 0.3) is 5.91 Å². The Labute approximate surface area is 141 Å². The molecule has 0 radical (unpaired) electrons. The van der Waals surface area contributed by atoms with E-state index in [0.29, 0.717) is 6.61 Å². The molecule has 3 aliphatic rings. The number of nitrogens with zero attached hydrogens (tertiary/aromatic N) is 1. The first-order valence-corrected chi connectivity index (χ1v) is 8.23. The molecule has 1 amide bonds. The molecule has 0 aromatic carbocycles. The third kappa shape index (κ3) is 3.18. The normalized spacial score (nSPS) is 41.2. The summed E-state index contributed by atoms with van der Waals surface area (Å²) in [5.41, 5.74) is 0. The van der Waals surface area contributed by atoms with Crippen LogP contribution in [0.1, 0.15) is 27.7 Å². The summed E-state index contributed by atoms with van der Waals surface area (Å²) in [7, 11) is 3.17. The molecular formula is C16H27NO7. The van der Waals surface area contributed by atoms with Crippen LogP contribution >= 0.6 is 0 Å². The van der Waals surface area contributed by atoms with E-state index in [-0.39, 0.29) is 6.10 Å². The lowest BCUT2D eigenvalue weighted by atomic mass is 10.0. The Morgan fingerprint density at radius 3 is 2.21 bits per heavy atom. The van der Waals surface area contributed by atoms with Crippen molar-refractivity contribution in [2.24, 2.45) is 0 Å². The van der Waals surface area contributed by atoms with E-state index in [4.69, 9.17) is 23.7 Å². The smallest absolute Gasteiger partial charge is 0.253 e. The van der Waals surface area contributed by atoms with Crippen molar-refractivity contribution in [3.8, 4) is 0 Å². The van der Waals surface area contributed by atoms with Gasteiger partial charge in [0.15, 0.2) is 17.7 Å². The molecule has 3 fully saturated rings. The standard InChI is InChI=1S/C16H27NO7/c1-15(2)20-7-8(22-15)10-12-13(24-16(3,4)23-12)11(21-10)9(18)14(19)17(5)6/h8-13,18H,7H2,1-6H3/t8-,9-,10-,11+,12+,13-/m1/s1. The predicted octanol–water partition coefficient (Wildman–Crippen LogP) is -0.125. The van der Waals surface area contributed by atoms with Crippen molar-refractivity contribution in [2.45, 2.75) is 75.9 Å². The van der Waals surface area contributed by atoms with Gasteiger partial charge in [-0.3, -0.25) is 4.79 Å². The highest BCUT2D eigenvalue weighted by molar-refractivity contribution is 5.81. The summed E-state index contributed by atoms with van der Waals surface area (Å²) in [6.45, 7) is 7.62. The molecule has 1 N–H and O–H groups in total. The highest BCUT2D eigenvalue weighted by atomic mass is 16.8. The summed E-state index contributed by atoms with van der Waals surface area (Å²) in [5, 5.41) is 10.4. The molecule has 24 heavy (non-hydrogen) atoms. The lowest BCUT2D eigenvalue weighted by molar-refractivity contribution is -0.216. The van der Waals surface area contributed by atoms with E-state index in [1.54, 1.807) is 27.9 Å². The van der Waals surface area contributed by atoms with Crippen LogP contribution in [0.5, 0.6) is 0 Å². The van der Waals surface area contributed by atoms with E-state index in [1.807, 2.05) is 13.8 Å². The largest absolute Gasteiger partial charge is 0.380 e. The Morgan fingerprint density at radius 1 is 1.04 bits per heavy atom. The number of rotatable bonds is 3. The zero-order chi connectivity index (χ0) is 17.9. The average molecular weight is 345 g/mol. The van der Waals surface area contributed by atoms with Gasteiger partial charge in [0, 0.05) is 14.1 Å². The number of hydrogen-bond donors (Lipinski definition) is 1. The lowest BCUT2D eigenvalue weighted by Crippen LogP contribution is -2.47. The zero-order valence-corrected chi connectivity index (χ0v) is 15.0. The van der Waals surface area contributed by atoms with Crippen molar-refractivity contribution in [3.63, 3.8) is 0 Å². The maximum atomic E-state index is 12.2. The van der Waals surface area contributed by atoms with Crippen LogP contribution in [0.2, 0.25) is 0 Å². The molecule has 0 saturated carbocycles. The molecule has 3 aliphatic heterocycles. The second-order valence-corrected chi connectivity index (χ2v) is 7.67. The first-order valence-electron chi connectivity index (χ1n) is 8.23. The van der Waals surface area contributed by atoms with E-state index in [2.05, 4.69) is 0 Å². The maximum absolute atomic E-state index is 12.2. The van der Waals surface area contributed by atoms with Gasteiger partial charge in [0.05, 0.1) is 6.61 Å². The Morgan fingerprint density at radius 2 is 1.67 bits per heavy atom. The molecule has 0 unspecified atom stereocenters. The number of aliphatic hydroxyl groups is 1. The molecule has 8 heteroatoms. The zero-order valence-electron chi connectivity index (χ0n) is 15.0. The van der Waals surface area contributed by atoms with Crippen molar-refractivity contribution in [1.29, 1.82) is 0 Å². The topological polar surface area (TPSA) is 86.7 Å². The van der Waals surface area contributed by atoms with E-state index < -0.39 is 48.0 Å². The summed E-state index contributed by atoms with van der Waals surface area (Å²) in [6.07, 6.45) is -3.95. The third-order valence-electron chi connectivity index (χ3n) is 4.53. The molecule has 8 nitrogen and oxygen atoms in total. The molecule has 6 atom stereocenters. The number of ether oxygens (including phenoxy) is 5. The highest BCUT2D eigenvalue weighted by Crippen LogP contribution is 2.43. The van der Waals surface area contributed by atoms with Crippen LogP contribution in [-0.4, -0.2) is 84.8 Å². The molecule has 0 bridgehead atoms. The van der Waals surface area contributed by atoms with Gasteiger partial charge in [0.2, 0.25) is 0 Å². The fourth-order valence-corrected chi connectivity index (χ4v) is 3.50. The van der Waals surface area contributed by atoms with Gasteiger partial charge in [-0.1, -0.05) is 0 Å². The molecule has 138 valence electrons. The first-order chi connectivity index (χ1) is 11.0. The fourth-order valence-electron chi connectivity index (χ4n) is 3.50. The van der Waals surface area contributed by atoms with Crippen molar-refractivity contribution in [2.75, 3.05) is 20.7 Å². The van der Waals surface area contributed by atoms with Crippen LogP contribution in [0, 0.1) is 0 Å². The van der Waals surface area contributed by atoms with E-state index >= 15 is 0 Å². The highest BCUT2D eigenvalue weighted by Gasteiger charge is 2.61. The first kappa shape index (κ1) is 18.0. The van der Waals surface area contributed by atoms with Crippen molar-refractivity contribution in [3.05, 3.63) is 0 Å². The lowest BCUT2D eigenvalue weighted by Gasteiger charge is -2.28. The van der Waals surface area contributed by atoms with Crippen LogP contribution in [0.15, 0.2) is 0 Å². The van der Waals surface area contributed by atoms with Crippen molar-refractivity contribution < 1.29 is 33.6 Å². The minimum absolute atomic E-state index is 0.350. The van der Waals surface area contributed by atoms with Crippen LogP contribution < -0.4 is 0 Å². The van der Waals surface area contributed by atoms with Crippen LogP contribution in [0.3, 0.4) is 0 Å². The van der Waals surface area contributed by atoms with Gasteiger partial charge in [-0.25, -0.2) is 0 Å². The third-order valence-corrected chi connectivity index (χ3v) is 4.53. The fraction of sp³-hybridized carbons (Fsp3) is 0.938. The number of likely N-dealkylation sites (N-methyl/N-ethyl adjacent to an activating group) is 1. The summed E-state index contributed by atoms with van der Waals surface area (Å²) < 4.78 is 29.3. The van der Waals surface area contributed by atoms with Crippen LogP contribution in [0.4, 0.5) is 0 Å². The predicted molar refractivity (Wildman–Crippen MR) is 82.1 cm³/mol. The number of carbonyl (C=O) groups excluding carboxylic acids is 1. The van der Waals surface area contributed by atoms with Gasteiger partial charge >= 0.3 is 0 Å². The van der Waals surface area contributed by atoms with Crippen molar-refractivity contribution in [1.82, 2.24) is 4.90 Å². The second-order valence-electron chi connectivity index (χ2n) is 7.67. The van der Waals surface area contributed by atoms with Crippen LogP contribution in [0.25, 0.3) is 0 Å². The SMILES string of the molecule is CN(C)C(=O)[C@H](O)[C@@H]1O[C@H]([C@H]2COC(C)(C)O2)[C@@H]2OC(C)(C)O[C@@H]21. The minimum atomic E-state index is -1.33. The Kier molecular flexibility index (Phi) is 4.43. The summed E-state index contributed by atoms with van der Waals surface area (Å²) in [5.74, 6) is -1.95.